The molecule has 0 unspecified atom stereocenters. The number of amides is 1. The number of aromatic nitrogens is 2. The molecule has 8 heteroatoms. The van der Waals surface area contributed by atoms with Crippen LogP contribution in [0.2, 0.25) is 0 Å². The Morgan fingerprint density at radius 3 is 2.56 bits per heavy atom. The number of hydrogen-bond donors (Lipinski definition) is 1. The standard InChI is InChI=1S/C26H34N4O4/c1-17(2)27-24(31)15-30-25(19-8-7-9-20(12-19)33-6)28-23-11-10-21(13-22(23)26(30)32)34-16-18(3)14-29(4)5/h7-13,17-18H,14-16H2,1-6H3,(H,27,31)/t18-/m0/s1. The first-order valence-corrected chi connectivity index (χ1v) is 11.4. The quantitative estimate of drug-likeness (QED) is 0.494. The molecule has 0 spiro atoms. The fourth-order valence-corrected chi connectivity index (χ4v) is 3.84. The van der Waals surface area contributed by atoms with E-state index >= 15 is 0 Å². The van der Waals surface area contributed by atoms with Crippen LogP contribution in [0.4, 0.5) is 0 Å². The van der Waals surface area contributed by atoms with Gasteiger partial charge in [-0.1, -0.05) is 19.1 Å². The molecule has 3 rings (SSSR count). The number of ether oxygens (including phenoxy) is 2. The minimum Gasteiger partial charge on any atom is -0.497 e. The Labute approximate surface area is 200 Å². The van der Waals surface area contributed by atoms with Crippen molar-refractivity contribution in [1.82, 2.24) is 19.8 Å². The number of nitrogens with zero attached hydrogens (tertiary/aromatic N) is 3. The van der Waals surface area contributed by atoms with Crippen LogP contribution in [-0.2, 0) is 11.3 Å². The predicted octanol–water partition coefficient (Wildman–Crippen LogP) is 3.17. The van der Waals surface area contributed by atoms with E-state index in [4.69, 9.17) is 14.5 Å². The summed E-state index contributed by atoms with van der Waals surface area (Å²) >= 11 is 0. The largest absolute Gasteiger partial charge is 0.497 e. The van der Waals surface area contributed by atoms with Crippen molar-refractivity contribution in [1.29, 1.82) is 0 Å². The van der Waals surface area contributed by atoms with Crippen molar-refractivity contribution in [2.45, 2.75) is 33.4 Å². The molecule has 0 aliphatic carbocycles. The summed E-state index contributed by atoms with van der Waals surface area (Å²) in [4.78, 5) is 33.0. The summed E-state index contributed by atoms with van der Waals surface area (Å²) in [6.07, 6.45) is 0. The Hall–Kier alpha value is -3.39. The van der Waals surface area contributed by atoms with Crippen LogP contribution in [0, 0.1) is 5.92 Å². The van der Waals surface area contributed by atoms with Crippen molar-refractivity contribution in [2.24, 2.45) is 5.92 Å². The van der Waals surface area contributed by atoms with Gasteiger partial charge in [-0.05, 0) is 58.3 Å². The van der Waals surface area contributed by atoms with Crippen LogP contribution in [-0.4, -0.2) is 60.8 Å². The second-order valence-electron chi connectivity index (χ2n) is 9.14. The fraction of sp³-hybridized carbons (Fsp3) is 0.423. The lowest BCUT2D eigenvalue weighted by molar-refractivity contribution is -0.122. The average Bonchev–Trinajstić information content (AvgIpc) is 2.78. The molecule has 0 saturated carbocycles. The lowest BCUT2D eigenvalue weighted by Gasteiger charge is -2.18. The number of benzene rings is 2. The van der Waals surface area contributed by atoms with E-state index < -0.39 is 0 Å². The minimum absolute atomic E-state index is 0.0407. The monoisotopic (exact) mass is 466 g/mol. The Morgan fingerprint density at radius 2 is 1.88 bits per heavy atom. The van der Waals surface area contributed by atoms with Crippen LogP contribution in [0.15, 0.2) is 47.3 Å². The third kappa shape index (κ3) is 6.35. The molecule has 34 heavy (non-hydrogen) atoms. The summed E-state index contributed by atoms with van der Waals surface area (Å²) in [6, 6.07) is 12.6. The van der Waals surface area contributed by atoms with Gasteiger partial charge in [0.1, 0.15) is 23.9 Å². The Kier molecular flexibility index (Phi) is 8.28. The maximum Gasteiger partial charge on any atom is 0.262 e. The van der Waals surface area contributed by atoms with E-state index in [1.807, 2.05) is 52.2 Å². The number of carbonyl (C=O) groups is 1. The Balaban J connectivity index is 2.05. The molecule has 0 aliphatic rings. The Bertz CT molecular complexity index is 1200. The van der Waals surface area contributed by atoms with Gasteiger partial charge in [0.15, 0.2) is 0 Å². The van der Waals surface area contributed by atoms with E-state index in [1.54, 1.807) is 25.3 Å². The summed E-state index contributed by atoms with van der Waals surface area (Å²) in [5.41, 5.74) is 0.930. The van der Waals surface area contributed by atoms with Gasteiger partial charge in [-0.3, -0.25) is 14.2 Å². The SMILES string of the molecule is COc1cccc(-c2nc3ccc(OC[C@@H](C)CN(C)C)cc3c(=O)n2CC(=O)NC(C)C)c1. The number of nitrogens with one attached hydrogen (secondary N) is 1. The zero-order chi connectivity index (χ0) is 24.8. The summed E-state index contributed by atoms with van der Waals surface area (Å²) in [7, 11) is 5.63. The van der Waals surface area contributed by atoms with Crippen LogP contribution in [0.3, 0.4) is 0 Å². The number of carbonyl (C=O) groups excluding carboxylic acids is 1. The van der Waals surface area contributed by atoms with Crippen LogP contribution in [0.25, 0.3) is 22.3 Å². The molecule has 0 fully saturated rings. The molecule has 1 amide bonds. The van der Waals surface area contributed by atoms with E-state index in [-0.39, 0.29) is 24.1 Å². The normalized spacial score (nSPS) is 12.2. The molecule has 8 nitrogen and oxygen atoms in total. The molecular formula is C26H34N4O4. The number of methoxy groups -OCH3 is 1. The highest BCUT2D eigenvalue weighted by molar-refractivity contribution is 5.83. The van der Waals surface area contributed by atoms with Crippen LogP contribution < -0.4 is 20.3 Å². The third-order valence-electron chi connectivity index (χ3n) is 5.22. The van der Waals surface area contributed by atoms with E-state index in [1.165, 1.54) is 4.57 Å². The topological polar surface area (TPSA) is 85.7 Å². The number of hydrogen-bond acceptors (Lipinski definition) is 6. The predicted molar refractivity (Wildman–Crippen MR) is 134 cm³/mol. The van der Waals surface area contributed by atoms with Crippen LogP contribution in [0.5, 0.6) is 11.5 Å². The van der Waals surface area contributed by atoms with Gasteiger partial charge in [0, 0.05) is 24.1 Å². The van der Waals surface area contributed by atoms with Gasteiger partial charge in [0.25, 0.3) is 5.56 Å². The van der Waals surface area contributed by atoms with Gasteiger partial charge in [-0.15, -0.1) is 0 Å². The maximum atomic E-state index is 13.6. The lowest BCUT2D eigenvalue weighted by atomic mass is 10.1. The molecule has 2 aromatic carbocycles. The fourth-order valence-electron chi connectivity index (χ4n) is 3.84. The van der Waals surface area contributed by atoms with Gasteiger partial charge in [-0.25, -0.2) is 4.98 Å². The second-order valence-corrected chi connectivity index (χ2v) is 9.14. The van der Waals surface area contributed by atoms with Crippen LogP contribution in [0.1, 0.15) is 20.8 Å². The van der Waals surface area contributed by atoms with Crippen molar-refractivity contribution in [2.75, 3.05) is 34.4 Å². The van der Waals surface area contributed by atoms with Gasteiger partial charge < -0.3 is 19.7 Å². The molecular weight excluding hydrogens is 432 g/mol. The summed E-state index contributed by atoms with van der Waals surface area (Å²) < 4.78 is 12.7. The first-order valence-electron chi connectivity index (χ1n) is 11.4. The summed E-state index contributed by atoms with van der Waals surface area (Å²) in [5.74, 6) is 1.72. The number of rotatable bonds is 10. The molecule has 1 N–H and O–H groups in total. The van der Waals surface area contributed by atoms with E-state index in [0.717, 1.165) is 6.54 Å². The van der Waals surface area contributed by atoms with Gasteiger partial charge in [0.2, 0.25) is 5.91 Å². The Morgan fingerprint density at radius 1 is 1.12 bits per heavy atom. The van der Waals surface area contributed by atoms with Crippen molar-refractivity contribution >= 4 is 16.8 Å². The molecule has 3 aromatic rings. The van der Waals surface area contributed by atoms with Crippen molar-refractivity contribution in [3.8, 4) is 22.9 Å². The van der Waals surface area contributed by atoms with Gasteiger partial charge in [0.05, 0.1) is 24.6 Å². The van der Waals surface area contributed by atoms with Crippen molar-refractivity contribution in [3.05, 3.63) is 52.8 Å². The van der Waals surface area contributed by atoms with E-state index in [9.17, 15) is 9.59 Å². The zero-order valence-corrected chi connectivity index (χ0v) is 20.8. The highest BCUT2D eigenvalue weighted by Crippen LogP contribution is 2.25. The highest BCUT2D eigenvalue weighted by Gasteiger charge is 2.17. The first kappa shape index (κ1) is 25.2. The molecule has 0 bridgehead atoms. The van der Waals surface area contributed by atoms with Gasteiger partial charge >= 0.3 is 0 Å². The average molecular weight is 467 g/mol. The molecule has 1 aromatic heterocycles. The molecule has 182 valence electrons. The van der Waals surface area contributed by atoms with Gasteiger partial charge in [-0.2, -0.15) is 0 Å². The maximum absolute atomic E-state index is 13.6. The molecule has 0 saturated heterocycles. The second kappa shape index (κ2) is 11.2. The smallest absolute Gasteiger partial charge is 0.262 e. The van der Waals surface area contributed by atoms with E-state index in [0.29, 0.717) is 46.3 Å². The van der Waals surface area contributed by atoms with Crippen LogP contribution >= 0.6 is 0 Å². The summed E-state index contributed by atoms with van der Waals surface area (Å²) in [5, 5.41) is 3.25. The molecule has 1 atom stereocenters. The summed E-state index contributed by atoms with van der Waals surface area (Å²) in [6.45, 7) is 7.16. The minimum atomic E-state index is -0.298. The van der Waals surface area contributed by atoms with E-state index in [2.05, 4.69) is 17.1 Å². The lowest BCUT2D eigenvalue weighted by Crippen LogP contribution is -2.37. The highest BCUT2D eigenvalue weighted by atomic mass is 16.5. The molecule has 0 radical (unpaired) electrons. The molecule has 1 heterocycles. The zero-order valence-electron chi connectivity index (χ0n) is 20.8. The van der Waals surface area contributed by atoms with Crippen molar-refractivity contribution < 1.29 is 14.3 Å². The molecule has 0 aliphatic heterocycles. The third-order valence-corrected chi connectivity index (χ3v) is 5.22. The number of fused-ring (bicyclic) bond motifs is 1. The first-order chi connectivity index (χ1) is 16.2. The van der Waals surface area contributed by atoms with Crippen molar-refractivity contribution in [3.63, 3.8) is 0 Å².